The van der Waals surface area contributed by atoms with E-state index in [2.05, 4.69) is 48.6 Å². The van der Waals surface area contributed by atoms with Crippen molar-refractivity contribution in [2.75, 3.05) is 26.7 Å². The van der Waals surface area contributed by atoms with Crippen LogP contribution in [0.5, 0.6) is 0 Å². The van der Waals surface area contributed by atoms with Gasteiger partial charge < -0.3 is 16.0 Å². The van der Waals surface area contributed by atoms with Gasteiger partial charge in [-0.1, -0.05) is 19.8 Å². The van der Waals surface area contributed by atoms with E-state index >= 15 is 0 Å². The molecule has 0 bridgehead atoms. The minimum atomic E-state index is 0.175. The Morgan fingerprint density at radius 2 is 1.75 bits per heavy atom. The lowest BCUT2D eigenvalue weighted by molar-refractivity contribution is 0.283. The number of guanidine groups is 1. The Balaban J connectivity index is 2.26. The van der Waals surface area contributed by atoms with Crippen molar-refractivity contribution in [1.82, 2.24) is 16.0 Å². The van der Waals surface area contributed by atoms with Gasteiger partial charge >= 0.3 is 0 Å². The van der Waals surface area contributed by atoms with E-state index in [4.69, 9.17) is 0 Å². The summed E-state index contributed by atoms with van der Waals surface area (Å²) in [6.07, 6.45) is 6.76. The molecule has 1 fully saturated rings. The average Bonchev–Trinajstić information content (AvgIpc) is 2.86. The molecule has 118 valence electrons. The quantitative estimate of drug-likeness (QED) is 0.398. The van der Waals surface area contributed by atoms with Crippen molar-refractivity contribution in [3.63, 3.8) is 0 Å². The summed E-state index contributed by atoms with van der Waals surface area (Å²) in [7, 11) is 1.85. The molecule has 4 nitrogen and oxygen atoms in total. The molecule has 0 aromatic rings. The number of hydrogen-bond donors (Lipinski definition) is 3. The third-order valence-electron chi connectivity index (χ3n) is 4.34. The Morgan fingerprint density at radius 1 is 1.10 bits per heavy atom. The minimum Gasteiger partial charge on any atom is -0.356 e. The average molecular weight is 282 g/mol. The van der Waals surface area contributed by atoms with Crippen molar-refractivity contribution in [2.45, 2.75) is 65.3 Å². The van der Waals surface area contributed by atoms with E-state index in [-0.39, 0.29) is 5.54 Å². The topological polar surface area (TPSA) is 48.5 Å². The molecular weight excluding hydrogens is 248 g/mol. The molecule has 1 aliphatic rings. The molecule has 0 spiro atoms. The van der Waals surface area contributed by atoms with Gasteiger partial charge in [-0.2, -0.15) is 0 Å². The molecule has 0 aromatic heterocycles. The number of aliphatic imine (C=N–C) groups is 1. The fraction of sp³-hybridized carbons (Fsp3) is 0.938. The molecule has 1 saturated carbocycles. The zero-order valence-electron chi connectivity index (χ0n) is 14.1. The van der Waals surface area contributed by atoms with Gasteiger partial charge in [0.1, 0.15) is 0 Å². The van der Waals surface area contributed by atoms with Gasteiger partial charge in [-0.3, -0.25) is 4.99 Å². The largest absolute Gasteiger partial charge is 0.356 e. The summed E-state index contributed by atoms with van der Waals surface area (Å²) in [4.78, 5) is 4.32. The van der Waals surface area contributed by atoms with Gasteiger partial charge in [-0.15, -0.1) is 0 Å². The van der Waals surface area contributed by atoms with Gasteiger partial charge in [0.2, 0.25) is 0 Å². The van der Waals surface area contributed by atoms with E-state index < -0.39 is 0 Å². The molecule has 4 heteroatoms. The van der Waals surface area contributed by atoms with Crippen LogP contribution in [0.25, 0.3) is 0 Å². The highest BCUT2D eigenvalue weighted by Gasteiger charge is 2.31. The highest BCUT2D eigenvalue weighted by atomic mass is 15.2. The SMILES string of the molecule is CCC1(CNC(=NC)NCCNC(C)(C)C)CCCC1. The van der Waals surface area contributed by atoms with Crippen molar-refractivity contribution in [1.29, 1.82) is 0 Å². The van der Waals surface area contributed by atoms with E-state index in [1.165, 1.54) is 32.1 Å². The van der Waals surface area contributed by atoms with Crippen LogP contribution in [0.15, 0.2) is 4.99 Å². The zero-order chi connectivity index (χ0) is 15.1. The summed E-state index contributed by atoms with van der Waals surface area (Å²) < 4.78 is 0. The normalized spacial score (nSPS) is 19.1. The van der Waals surface area contributed by atoms with Gasteiger partial charge in [-0.25, -0.2) is 0 Å². The Hall–Kier alpha value is -0.770. The molecule has 0 radical (unpaired) electrons. The molecule has 0 heterocycles. The molecule has 1 aliphatic carbocycles. The Morgan fingerprint density at radius 3 is 2.25 bits per heavy atom. The minimum absolute atomic E-state index is 0.175. The van der Waals surface area contributed by atoms with Gasteiger partial charge in [0.15, 0.2) is 5.96 Å². The van der Waals surface area contributed by atoms with Crippen LogP contribution < -0.4 is 16.0 Å². The molecule has 3 N–H and O–H groups in total. The molecule has 20 heavy (non-hydrogen) atoms. The zero-order valence-corrected chi connectivity index (χ0v) is 14.1. The smallest absolute Gasteiger partial charge is 0.191 e. The first kappa shape index (κ1) is 17.3. The third kappa shape index (κ3) is 6.12. The first-order valence-corrected chi connectivity index (χ1v) is 8.10. The summed E-state index contributed by atoms with van der Waals surface area (Å²) in [5.74, 6) is 0.931. The van der Waals surface area contributed by atoms with Crippen molar-refractivity contribution in [3.05, 3.63) is 0 Å². The van der Waals surface area contributed by atoms with E-state index in [0.717, 1.165) is 25.6 Å². The van der Waals surface area contributed by atoms with Crippen molar-refractivity contribution < 1.29 is 0 Å². The van der Waals surface area contributed by atoms with Crippen molar-refractivity contribution in [3.8, 4) is 0 Å². The van der Waals surface area contributed by atoms with Crippen molar-refractivity contribution in [2.24, 2.45) is 10.4 Å². The third-order valence-corrected chi connectivity index (χ3v) is 4.34. The van der Waals surface area contributed by atoms with Gasteiger partial charge in [-0.05, 0) is 45.4 Å². The number of nitrogens with one attached hydrogen (secondary N) is 3. The van der Waals surface area contributed by atoms with Crippen LogP contribution in [0.1, 0.15) is 59.8 Å². The summed E-state index contributed by atoms with van der Waals surface area (Å²) in [5.41, 5.74) is 0.677. The van der Waals surface area contributed by atoms with Crippen LogP contribution >= 0.6 is 0 Å². The number of nitrogens with zero attached hydrogens (tertiary/aromatic N) is 1. The maximum absolute atomic E-state index is 4.32. The lowest BCUT2D eigenvalue weighted by Gasteiger charge is -2.28. The van der Waals surface area contributed by atoms with E-state index in [1.54, 1.807) is 0 Å². The summed E-state index contributed by atoms with van der Waals surface area (Å²) >= 11 is 0. The first-order valence-electron chi connectivity index (χ1n) is 8.10. The monoisotopic (exact) mass is 282 g/mol. The second-order valence-electron chi connectivity index (χ2n) is 7.09. The number of rotatable bonds is 6. The second kappa shape index (κ2) is 7.87. The highest BCUT2D eigenvalue weighted by Crippen LogP contribution is 2.40. The van der Waals surface area contributed by atoms with Gasteiger partial charge in [0, 0.05) is 32.2 Å². The second-order valence-corrected chi connectivity index (χ2v) is 7.09. The lowest BCUT2D eigenvalue weighted by Crippen LogP contribution is -2.46. The van der Waals surface area contributed by atoms with Crippen LogP contribution in [-0.4, -0.2) is 38.2 Å². The highest BCUT2D eigenvalue weighted by molar-refractivity contribution is 5.79. The Bertz CT molecular complexity index is 298. The van der Waals surface area contributed by atoms with Crippen LogP contribution in [0.4, 0.5) is 0 Å². The molecule has 0 unspecified atom stereocenters. The number of hydrogen-bond acceptors (Lipinski definition) is 2. The van der Waals surface area contributed by atoms with E-state index in [0.29, 0.717) is 5.41 Å². The van der Waals surface area contributed by atoms with Gasteiger partial charge in [0.25, 0.3) is 0 Å². The standard InChI is InChI=1S/C16H34N4/c1-6-16(9-7-8-10-16)13-19-14(17-5)18-11-12-20-15(2,3)4/h20H,6-13H2,1-5H3,(H2,17,18,19). The first-order chi connectivity index (χ1) is 9.41. The van der Waals surface area contributed by atoms with E-state index in [9.17, 15) is 0 Å². The fourth-order valence-electron chi connectivity index (χ4n) is 2.89. The summed E-state index contributed by atoms with van der Waals surface area (Å²) in [6.45, 7) is 11.8. The lowest BCUT2D eigenvalue weighted by atomic mass is 9.83. The Kier molecular flexibility index (Phi) is 6.80. The van der Waals surface area contributed by atoms with Crippen LogP contribution in [0.2, 0.25) is 0 Å². The predicted molar refractivity (Wildman–Crippen MR) is 88.3 cm³/mol. The van der Waals surface area contributed by atoms with Crippen LogP contribution in [0, 0.1) is 5.41 Å². The van der Waals surface area contributed by atoms with Crippen LogP contribution in [0.3, 0.4) is 0 Å². The molecular formula is C16H34N4. The fourth-order valence-corrected chi connectivity index (χ4v) is 2.89. The predicted octanol–water partition coefficient (Wildman–Crippen LogP) is 2.51. The summed E-state index contributed by atoms with van der Waals surface area (Å²) in [5, 5.41) is 10.4. The molecule has 0 aliphatic heterocycles. The molecule has 0 atom stereocenters. The van der Waals surface area contributed by atoms with Crippen LogP contribution in [-0.2, 0) is 0 Å². The molecule has 0 saturated heterocycles. The molecule has 1 rings (SSSR count). The maximum Gasteiger partial charge on any atom is 0.191 e. The van der Waals surface area contributed by atoms with E-state index in [1.807, 2.05) is 7.05 Å². The van der Waals surface area contributed by atoms with Crippen molar-refractivity contribution >= 4 is 5.96 Å². The Labute approximate surface area is 125 Å². The molecule has 0 aromatic carbocycles. The maximum atomic E-state index is 4.32. The summed E-state index contributed by atoms with van der Waals surface area (Å²) in [6, 6.07) is 0. The molecule has 0 amide bonds. The van der Waals surface area contributed by atoms with Gasteiger partial charge in [0.05, 0.1) is 0 Å².